The van der Waals surface area contributed by atoms with Crippen molar-refractivity contribution in [1.82, 2.24) is 14.9 Å². The van der Waals surface area contributed by atoms with E-state index >= 15 is 0 Å². The van der Waals surface area contributed by atoms with Crippen LogP contribution in [-0.2, 0) is 0 Å². The van der Waals surface area contributed by atoms with Crippen LogP contribution in [0.2, 0.25) is 0 Å². The Balaban J connectivity index is 0.00000132. The molecule has 2 unspecified atom stereocenters. The molecule has 0 spiro atoms. The van der Waals surface area contributed by atoms with Crippen molar-refractivity contribution in [3.05, 3.63) is 18.0 Å². The number of aromatic nitrogens is 2. The van der Waals surface area contributed by atoms with Gasteiger partial charge in [-0.15, -0.1) is 24.8 Å². The average Bonchev–Trinajstić information content (AvgIpc) is 3.16. The summed E-state index contributed by atoms with van der Waals surface area (Å²) in [5.74, 6) is 1.09. The van der Waals surface area contributed by atoms with Crippen molar-refractivity contribution in [2.24, 2.45) is 11.7 Å². The second-order valence-corrected chi connectivity index (χ2v) is 6.08. The van der Waals surface area contributed by atoms with E-state index in [1.54, 1.807) is 12.3 Å². The zero-order chi connectivity index (χ0) is 14.8. The molecule has 0 aliphatic carbocycles. The van der Waals surface area contributed by atoms with Gasteiger partial charge in [0.15, 0.2) is 0 Å². The number of carbonyl (C=O) groups excluding carboxylic acids is 1. The van der Waals surface area contributed by atoms with E-state index < -0.39 is 0 Å². The number of carbonyl (C=O) groups is 1. The molecular weight excluding hydrogens is 337 g/mol. The van der Waals surface area contributed by atoms with Gasteiger partial charge in [-0.3, -0.25) is 4.79 Å². The van der Waals surface area contributed by atoms with Crippen LogP contribution in [0.15, 0.2) is 12.3 Å². The number of anilines is 1. The first-order chi connectivity index (χ1) is 10.2. The minimum atomic E-state index is 0. The highest BCUT2D eigenvalue weighted by atomic mass is 35.5. The van der Waals surface area contributed by atoms with Gasteiger partial charge in [-0.05, 0) is 44.7 Å². The normalized spacial score (nSPS) is 23.4. The van der Waals surface area contributed by atoms with Gasteiger partial charge in [0, 0.05) is 31.9 Å². The second-order valence-electron chi connectivity index (χ2n) is 6.08. The summed E-state index contributed by atoms with van der Waals surface area (Å²) < 4.78 is 0. The van der Waals surface area contributed by atoms with Crippen molar-refractivity contribution in [3.63, 3.8) is 0 Å². The SMILES string of the molecule is CC1CC(CN)CN1C(=O)c1ccnc(N2CCCC2)n1.Cl.Cl. The molecule has 1 aromatic rings. The van der Waals surface area contributed by atoms with Crippen molar-refractivity contribution in [2.45, 2.75) is 32.2 Å². The lowest BCUT2D eigenvalue weighted by molar-refractivity contribution is 0.0737. The Bertz CT molecular complexity index is 524. The molecule has 2 atom stereocenters. The molecule has 2 N–H and O–H groups in total. The quantitative estimate of drug-likeness (QED) is 0.886. The van der Waals surface area contributed by atoms with Crippen LogP contribution in [0.5, 0.6) is 0 Å². The zero-order valence-electron chi connectivity index (χ0n) is 13.4. The molecule has 130 valence electrons. The van der Waals surface area contributed by atoms with E-state index in [2.05, 4.69) is 21.8 Å². The van der Waals surface area contributed by atoms with Gasteiger partial charge < -0.3 is 15.5 Å². The Hall–Kier alpha value is -1.11. The van der Waals surface area contributed by atoms with Gasteiger partial charge in [0.1, 0.15) is 5.69 Å². The summed E-state index contributed by atoms with van der Waals surface area (Å²) in [6, 6.07) is 1.95. The van der Waals surface area contributed by atoms with Crippen molar-refractivity contribution in [3.8, 4) is 0 Å². The lowest BCUT2D eigenvalue weighted by Crippen LogP contribution is -2.35. The van der Waals surface area contributed by atoms with Crippen molar-refractivity contribution >= 4 is 36.7 Å². The predicted octanol–water partition coefficient (Wildman–Crippen LogP) is 1.73. The lowest BCUT2D eigenvalue weighted by atomic mass is 10.1. The Kier molecular flexibility index (Phi) is 7.51. The third-order valence-corrected chi connectivity index (χ3v) is 4.51. The van der Waals surface area contributed by atoms with E-state index in [1.165, 1.54) is 12.8 Å². The van der Waals surface area contributed by atoms with Crippen LogP contribution in [0.25, 0.3) is 0 Å². The standard InChI is InChI=1S/C15H23N5O.2ClH/c1-11-8-12(9-16)10-20(11)14(21)13-4-5-17-15(18-13)19-6-2-3-7-19;;/h4-5,11-12H,2-3,6-10,16H2,1H3;2*1H. The summed E-state index contributed by atoms with van der Waals surface area (Å²) in [7, 11) is 0. The molecule has 1 aromatic heterocycles. The molecule has 1 amide bonds. The molecule has 3 rings (SSSR count). The van der Waals surface area contributed by atoms with E-state index in [9.17, 15) is 4.79 Å². The Morgan fingerprint density at radius 2 is 2.04 bits per heavy atom. The number of nitrogens with two attached hydrogens (primary N) is 1. The van der Waals surface area contributed by atoms with Gasteiger partial charge >= 0.3 is 0 Å². The smallest absolute Gasteiger partial charge is 0.272 e. The summed E-state index contributed by atoms with van der Waals surface area (Å²) in [5, 5.41) is 0. The highest BCUT2D eigenvalue weighted by Crippen LogP contribution is 2.24. The average molecular weight is 362 g/mol. The van der Waals surface area contributed by atoms with E-state index in [0.717, 1.165) is 26.1 Å². The van der Waals surface area contributed by atoms with E-state index in [4.69, 9.17) is 5.73 Å². The Labute approximate surface area is 149 Å². The molecule has 3 heterocycles. The number of amides is 1. The fourth-order valence-electron chi connectivity index (χ4n) is 3.28. The van der Waals surface area contributed by atoms with Crippen LogP contribution in [0.1, 0.15) is 36.7 Å². The largest absolute Gasteiger partial charge is 0.341 e. The third-order valence-electron chi connectivity index (χ3n) is 4.51. The number of hydrogen-bond donors (Lipinski definition) is 1. The fourth-order valence-corrected chi connectivity index (χ4v) is 3.28. The number of rotatable bonds is 3. The summed E-state index contributed by atoms with van der Waals surface area (Å²) in [6.45, 7) is 5.41. The molecule has 2 saturated heterocycles. The topological polar surface area (TPSA) is 75.3 Å². The van der Waals surface area contributed by atoms with Gasteiger partial charge in [0.25, 0.3) is 5.91 Å². The van der Waals surface area contributed by atoms with E-state index in [0.29, 0.717) is 24.1 Å². The van der Waals surface area contributed by atoms with Crippen LogP contribution >= 0.6 is 24.8 Å². The van der Waals surface area contributed by atoms with Gasteiger partial charge in [-0.1, -0.05) is 0 Å². The molecule has 2 fully saturated rings. The van der Waals surface area contributed by atoms with Gasteiger partial charge in [-0.2, -0.15) is 0 Å². The highest BCUT2D eigenvalue weighted by Gasteiger charge is 2.33. The minimum absolute atomic E-state index is 0. The fraction of sp³-hybridized carbons (Fsp3) is 0.667. The van der Waals surface area contributed by atoms with Gasteiger partial charge in [0.2, 0.25) is 5.95 Å². The summed E-state index contributed by atoms with van der Waals surface area (Å²) >= 11 is 0. The van der Waals surface area contributed by atoms with Gasteiger partial charge in [0.05, 0.1) is 0 Å². The van der Waals surface area contributed by atoms with Crippen LogP contribution in [-0.4, -0.2) is 53.0 Å². The number of hydrogen-bond acceptors (Lipinski definition) is 5. The highest BCUT2D eigenvalue weighted by molar-refractivity contribution is 5.93. The van der Waals surface area contributed by atoms with E-state index in [1.807, 2.05) is 4.90 Å². The minimum Gasteiger partial charge on any atom is -0.341 e. The number of nitrogens with zero attached hydrogens (tertiary/aromatic N) is 4. The first-order valence-electron chi connectivity index (χ1n) is 7.78. The molecule has 0 aromatic carbocycles. The van der Waals surface area contributed by atoms with E-state index in [-0.39, 0.29) is 36.8 Å². The first-order valence-corrected chi connectivity index (χ1v) is 7.78. The Morgan fingerprint density at radius 1 is 1.35 bits per heavy atom. The molecule has 0 bridgehead atoms. The number of likely N-dealkylation sites (tertiary alicyclic amines) is 1. The summed E-state index contributed by atoms with van der Waals surface area (Å²) in [4.78, 5) is 25.5. The lowest BCUT2D eigenvalue weighted by Gasteiger charge is -2.22. The molecule has 8 heteroatoms. The maximum absolute atomic E-state index is 12.7. The second kappa shape index (κ2) is 8.66. The van der Waals surface area contributed by atoms with Crippen LogP contribution in [0, 0.1) is 5.92 Å². The molecule has 0 saturated carbocycles. The molecule has 23 heavy (non-hydrogen) atoms. The molecule has 2 aliphatic rings. The van der Waals surface area contributed by atoms with Crippen molar-refractivity contribution in [1.29, 1.82) is 0 Å². The summed E-state index contributed by atoms with van der Waals surface area (Å²) in [5.41, 5.74) is 6.23. The van der Waals surface area contributed by atoms with Crippen LogP contribution < -0.4 is 10.6 Å². The number of halogens is 2. The van der Waals surface area contributed by atoms with Crippen molar-refractivity contribution in [2.75, 3.05) is 31.1 Å². The first kappa shape index (κ1) is 19.9. The van der Waals surface area contributed by atoms with Gasteiger partial charge in [-0.25, -0.2) is 9.97 Å². The molecule has 2 aliphatic heterocycles. The maximum atomic E-state index is 12.7. The Morgan fingerprint density at radius 3 is 2.65 bits per heavy atom. The molecule has 6 nitrogen and oxygen atoms in total. The maximum Gasteiger partial charge on any atom is 0.272 e. The molecular formula is C15H25Cl2N5O. The van der Waals surface area contributed by atoms with Crippen LogP contribution in [0.4, 0.5) is 5.95 Å². The summed E-state index contributed by atoms with van der Waals surface area (Å²) in [6.07, 6.45) is 5.01. The predicted molar refractivity (Wildman–Crippen MR) is 95.6 cm³/mol. The zero-order valence-corrected chi connectivity index (χ0v) is 15.0. The van der Waals surface area contributed by atoms with Crippen LogP contribution in [0.3, 0.4) is 0 Å². The molecule has 0 radical (unpaired) electrons. The monoisotopic (exact) mass is 361 g/mol. The third kappa shape index (κ3) is 4.25. The van der Waals surface area contributed by atoms with Crippen molar-refractivity contribution < 1.29 is 4.79 Å².